The summed E-state index contributed by atoms with van der Waals surface area (Å²) in [5.74, 6) is 0.436. The van der Waals surface area contributed by atoms with Crippen molar-refractivity contribution in [3.63, 3.8) is 0 Å². The minimum absolute atomic E-state index is 0.252. The molecule has 2 aliphatic rings. The number of aliphatic hydroxyl groups excluding tert-OH is 1. The van der Waals surface area contributed by atoms with Crippen LogP contribution in [0, 0.1) is 5.92 Å². The van der Waals surface area contributed by atoms with Crippen LogP contribution in [-0.2, 0) is 19.9 Å². The average Bonchev–Trinajstić information content (AvgIpc) is 2.84. The fraction of sp³-hybridized carbons (Fsp3) is 0.812. The molecule has 1 aromatic rings. The lowest BCUT2D eigenvalue weighted by Crippen LogP contribution is -2.43. The van der Waals surface area contributed by atoms with Crippen LogP contribution in [0.4, 0.5) is 0 Å². The highest BCUT2D eigenvalue weighted by Gasteiger charge is 2.40. The Balaban J connectivity index is 1.70. The molecule has 2 fully saturated rings. The molecular formula is C16H26BrN3O. The van der Waals surface area contributed by atoms with E-state index in [1.807, 2.05) is 11.7 Å². The molecule has 0 radical (unpaired) electrons. The molecule has 4 nitrogen and oxygen atoms in total. The predicted molar refractivity (Wildman–Crippen MR) is 87.3 cm³/mol. The molecule has 0 aliphatic carbocycles. The van der Waals surface area contributed by atoms with Crippen LogP contribution in [0.15, 0.2) is 4.47 Å². The lowest BCUT2D eigenvalue weighted by molar-refractivity contribution is 0.0357. The number of halogens is 1. The topological polar surface area (TPSA) is 41.3 Å². The molecule has 3 unspecified atom stereocenters. The molecule has 1 aromatic heterocycles. The second kappa shape index (κ2) is 6.01. The van der Waals surface area contributed by atoms with Crippen LogP contribution in [-0.4, -0.2) is 45.0 Å². The van der Waals surface area contributed by atoms with Gasteiger partial charge in [-0.25, -0.2) is 0 Å². The third-order valence-electron chi connectivity index (χ3n) is 5.58. The summed E-state index contributed by atoms with van der Waals surface area (Å²) in [6.45, 7) is 2.11. The fourth-order valence-electron chi connectivity index (χ4n) is 4.17. The molecule has 0 spiro atoms. The molecule has 3 atom stereocenters. The summed E-state index contributed by atoms with van der Waals surface area (Å²) in [7, 11) is 4.22. The summed E-state index contributed by atoms with van der Waals surface area (Å²) in [5.41, 5.74) is 2.22. The van der Waals surface area contributed by atoms with E-state index < -0.39 is 0 Å². The molecule has 118 valence electrons. The van der Waals surface area contributed by atoms with E-state index in [1.165, 1.54) is 12.8 Å². The molecule has 1 N–H and O–H groups in total. The van der Waals surface area contributed by atoms with Gasteiger partial charge in [0.15, 0.2) is 0 Å². The van der Waals surface area contributed by atoms with Crippen molar-refractivity contribution in [3.05, 3.63) is 15.9 Å². The summed E-state index contributed by atoms with van der Waals surface area (Å²) in [5, 5.41) is 15.3. The van der Waals surface area contributed by atoms with E-state index in [4.69, 9.17) is 0 Å². The van der Waals surface area contributed by atoms with Gasteiger partial charge in [0.1, 0.15) is 0 Å². The van der Waals surface area contributed by atoms with E-state index in [-0.39, 0.29) is 6.10 Å². The van der Waals surface area contributed by atoms with E-state index in [0.717, 1.165) is 35.1 Å². The van der Waals surface area contributed by atoms with Gasteiger partial charge < -0.3 is 10.0 Å². The molecule has 0 aromatic carbocycles. The second-order valence-corrected chi connectivity index (χ2v) is 7.53. The zero-order chi connectivity index (χ0) is 15.1. The van der Waals surface area contributed by atoms with E-state index in [2.05, 4.69) is 39.9 Å². The molecule has 2 saturated heterocycles. The van der Waals surface area contributed by atoms with Crippen LogP contribution >= 0.6 is 15.9 Å². The number of aryl methyl sites for hydroxylation is 2. The van der Waals surface area contributed by atoms with Crippen molar-refractivity contribution < 1.29 is 5.11 Å². The summed E-state index contributed by atoms with van der Waals surface area (Å²) in [6, 6.07) is 1.37. The lowest BCUT2D eigenvalue weighted by Gasteiger charge is -2.38. The number of aromatic nitrogens is 2. The normalized spacial score (nSPS) is 30.8. The number of hydrogen-bond donors (Lipinski definition) is 1. The second-order valence-electron chi connectivity index (χ2n) is 6.74. The Kier molecular flexibility index (Phi) is 4.44. The number of fused-ring (bicyclic) bond motifs is 2. The highest BCUT2D eigenvalue weighted by molar-refractivity contribution is 9.10. The fourth-order valence-corrected chi connectivity index (χ4v) is 4.95. The summed E-state index contributed by atoms with van der Waals surface area (Å²) in [6.07, 6.45) is 6.27. The van der Waals surface area contributed by atoms with Crippen molar-refractivity contribution in [2.45, 2.75) is 63.6 Å². The molecule has 3 rings (SSSR count). The first-order valence-corrected chi connectivity index (χ1v) is 8.90. The molecule has 0 saturated carbocycles. The maximum absolute atomic E-state index is 10.7. The van der Waals surface area contributed by atoms with Crippen LogP contribution < -0.4 is 0 Å². The van der Waals surface area contributed by atoms with Gasteiger partial charge in [-0.15, -0.1) is 0 Å². The molecule has 2 aliphatic heterocycles. The van der Waals surface area contributed by atoms with Gasteiger partial charge in [-0.05, 0) is 61.0 Å². The van der Waals surface area contributed by atoms with Crippen molar-refractivity contribution in [2.24, 2.45) is 13.0 Å². The molecule has 3 heterocycles. The maximum atomic E-state index is 10.7. The van der Waals surface area contributed by atoms with Crippen LogP contribution in [0.25, 0.3) is 0 Å². The van der Waals surface area contributed by atoms with Crippen LogP contribution in [0.2, 0.25) is 0 Å². The zero-order valence-electron chi connectivity index (χ0n) is 13.2. The first-order valence-electron chi connectivity index (χ1n) is 8.11. The number of nitrogens with zero attached hydrogens (tertiary/aromatic N) is 3. The van der Waals surface area contributed by atoms with Gasteiger partial charge in [0.2, 0.25) is 0 Å². The summed E-state index contributed by atoms with van der Waals surface area (Å²) < 4.78 is 3.01. The van der Waals surface area contributed by atoms with Crippen molar-refractivity contribution in [2.75, 3.05) is 7.05 Å². The zero-order valence-corrected chi connectivity index (χ0v) is 14.8. The molecule has 0 amide bonds. The molecular weight excluding hydrogens is 330 g/mol. The number of rotatable bonds is 4. The van der Waals surface area contributed by atoms with Gasteiger partial charge in [-0.1, -0.05) is 6.92 Å². The molecule has 21 heavy (non-hydrogen) atoms. The van der Waals surface area contributed by atoms with Gasteiger partial charge in [-0.3, -0.25) is 4.68 Å². The highest BCUT2D eigenvalue weighted by Crippen LogP contribution is 2.39. The Morgan fingerprint density at radius 3 is 2.43 bits per heavy atom. The maximum Gasteiger partial charge on any atom is 0.0766 e. The molecule has 2 bridgehead atoms. The van der Waals surface area contributed by atoms with Crippen LogP contribution in [0.3, 0.4) is 0 Å². The Morgan fingerprint density at radius 2 is 1.90 bits per heavy atom. The third kappa shape index (κ3) is 2.80. The Hall–Kier alpha value is -0.390. The van der Waals surface area contributed by atoms with Gasteiger partial charge in [-0.2, -0.15) is 5.10 Å². The predicted octanol–water partition coefficient (Wildman–Crippen LogP) is 2.52. The first kappa shape index (κ1) is 15.5. The standard InChI is InChI=1S/C16H26BrN3O/c1-4-13-16(17)14(20(3)18-13)9-15(21)10-7-11-5-6-12(8-10)19(11)2/h10-12,15,21H,4-9H2,1-3H3. The van der Waals surface area contributed by atoms with Gasteiger partial charge in [0.25, 0.3) is 0 Å². The molecule has 5 heteroatoms. The summed E-state index contributed by atoms with van der Waals surface area (Å²) >= 11 is 3.66. The van der Waals surface area contributed by atoms with Crippen molar-refractivity contribution in [1.82, 2.24) is 14.7 Å². The Morgan fingerprint density at radius 1 is 1.29 bits per heavy atom. The van der Waals surface area contributed by atoms with Crippen molar-refractivity contribution in [3.8, 4) is 0 Å². The van der Waals surface area contributed by atoms with Crippen molar-refractivity contribution >= 4 is 15.9 Å². The van der Waals surface area contributed by atoms with Gasteiger partial charge in [0.05, 0.1) is 22.0 Å². The van der Waals surface area contributed by atoms with E-state index in [9.17, 15) is 5.11 Å². The van der Waals surface area contributed by atoms with Gasteiger partial charge >= 0.3 is 0 Å². The van der Waals surface area contributed by atoms with Crippen molar-refractivity contribution in [1.29, 1.82) is 0 Å². The number of hydrogen-bond acceptors (Lipinski definition) is 3. The van der Waals surface area contributed by atoms with Gasteiger partial charge in [0, 0.05) is 25.6 Å². The lowest BCUT2D eigenvalue weighted by atomic mass is 9.85. The highest BCUT2D eigenvalue weighted by atomic mass is 79.9. The monoisotopic (exact) mass is 355 g/mol. The quantitative estimate of drug-likeness (QED) is 0.902. The largest absolute Gasteiger partial charge is 0.392 e. The Labute approximate surface area is 135 Å². The number of piperidine rings is 1. The third-order valence-corrected chi connectivity index (χ3v) is 6.50. The smallest absolute Gasteiger partial charge is 0.0766 e. The van der Waals surface area contributed by atoms with E-state index >= 15 is 0 Å². The summed E-state index contributed by atoms with van der Waals surface area (Å²) in [4.78, 5) is 2.53. The minimum Gasteiger partial charge on any atom is -0.392 e. The van der Waals surface area contributed by atoms with E-state index in [0.29, 0.717) is 24.4 Å². The first-order chi connectivity index (χ1) is 10.0. The van der Waals surface area contributed by atoms with Crippen LogP contribution in [0.1, 0.15) is 44.0 Å². The minimum atomic E-state index is -0.252. The Bertz CT molecular complexity index is 502. The van der Waals surface area contributed by atoms with Crippen LogP contribution in [0.5, 0.6) is 0 Å². The average molecular weight is 356 g/mol. The number of aliphatic hydroxyl groups is 1. The SMILES string of the molecule is CCc1nn(C)c(CC(O)C2CC3CCC(C2)N3C)c1Br. The van der Waals surface area contributed by atoms with E-state index in [1.54, 1.807) is 0 Å².